The molecule has 6 heteroatoms. The Hall–Kier alpha value is -1.76. The minimum Gasteiger partial charge on any atom is -0.336 e. The highest BCUT2D eigenvalue weighted by atomic mass is 32.2. The van der Waals surface area contributed by atoms with Crippen LogP contribution in [0, 0.1) is 0 Å². The maximum Gasteiger partial charge on any atom is 0.255 e. The van der Waals surface area contributed by atoms with Crippen molar-refractivity contribution in [2.45, 2.75) is 24.4 Å². The number of aliphatic imine (C=N–C) groups is 1. The van der Waals surface area contributed by atoms with E-state index in [0.29, 0.717) is 6.04 Å². The molecule has 152 valence electrons. The van der Waals surface area contributed by atoms with Crippen LogP contribution in [0.1, 0.15) is 22.8 Å². The second-order valence-electron chi connectivity index (χ2n) is 7.47. The molecule has 29 heavy (non-hydrogen) atoms. The molecule has 1 amide bonds. The highest BCUT2D eigenvalue weighted by Crippen LogP contribution is 2.28. The Morgan fingerprint density at radius 3 is 2.52 bits per heavy atom. The summed E-state index contributed by atoms with van der Waals surface area (Å²) in [5.41, 5.74) is 2.16. The molecule has 2 heterocycles. The topological polar surface area (TPSA) is 35.9 Å². The zero-order chi connectivity index (χ0) is 20.1. The van der Waals surface area contributed by atoms with Crippen molar-refractivity contribution in [3.05, 3.63) is 65.7 Å². The molecule has 0 aromatic heterocycles. The molecule has 0 saturated carbocycles. The van der Waals surface area contributed by atoms with Gasteiger partial charge in [-0.05, 0) is 24.6 Å². The highest BCUT2D eigenvalue weighted by molar-refractivity contribution is 8.14. The number of thioether (sulfide) groups is 2. The van der Waals surface area contributed by atoms with Crippen LogP contribution < -0.4 is 0 Å². The van der Waals surface area contributed by atoms with Crippen molar-refractivity contribution in [3.63, 3.8) is 0 Å². The number of carbonyl (C=O) groups is 1. The Morgan fingerprint density at radius 1 is 1.07 bits per heavy atom. The van der Waals surface area contributed by atoms with E-state index in [-0.39, 0.29) is 5.91 Å². The predicted molar refractivity (Wildman–Crippen MR) is 124 cm³/mol. The lowest BCUT2D eigenvalue weighted by molar-refractivity contribution is 0.0625. The summed E-state index contributed by atoms with van der Waals surface area (Å²) in [6, 6.07) is 18.9. The first-order chi connectivity index (χ1) is 14.2. The molecule has 1 atom stereocenters. The van der Waals surface area contributed by atoms with Crippen molar-refractivity contribution in [3.8, 4) is 0 Å². The summed E-state index contributed by atoms with van der Waals surface area (Å²) in [6.07, 6.45) is 0. The Kier molecular flexibility index (Phi) is 6.95. The molecule has 2 aliphatic rings. The lowest BCUT2D eigenvalue weighted by atomic mass is 10.1. The molecule has 1 saturated heterocycles. The summed E-state index contributed by atoms with van der Waals surface area (Å²) >= 11 is 3.59. The first-order valence-electron chi connectivity index (χ1n) is 10.1. The van der Waals surface area contributed by atoms with Crippen LogP contribution >= 0.6 is 23.5 Å². The predicted octanol–water partition coefficient (Wildman–Crippen LogP) is 4.27. The first kappa shape index (κ1) is 20.5. The van der Waals surface area contributed by atoms with Gasteiger partial charge in [0.15, 0.2) is 0 Å². The van der Waals surface area contributed by atoms with Crippen molar-refractivity contribution >= 4 is 34.5 Å². The van der Waals surface area contributed by atoms with Crippen molar-refractivity contribution in [2.24, 2.45) is 4.99 Å². The lowest BCUT2D eigenvalue weighted by Gasteiger charge is -2.35. The molecule has 2 aromatic rings. The van der Waals surface area contributed by atoms with E-state index in [4.69, 9.17) is 0 Å². The molecule has 0 radical (unpaired) electrons. The summed E-state index contributed by atoms with van der Waals surface area (Å²) in [7, 11) is 0. The molecule has 1 fully saturated rings. The molecule has 0 aliphatic carbocycles. The molecular formula is C23H27N3OS2. The van der Waals surface area contributed by atoms with Gasteiger partial charge in [-0.3, -0.25) is 14.7 Å². The quantitative estimate of drug-likeness (QED) is 0.648. The van der Waals surface area contributed by atoms with E-state index >= 15 is 0 Å². The van der Waals surface area contributed by atoms with E-state index in [0.717, 1.165) is 54.7 Å². The molecule has 2 aliphatic heterocycles. The van der Waals surface area contributed by atoms with Crippen molar-refractivity contribution in [1.82, 2.24) is 9.80 Å². The minimum atomic E-state index is 0.160. The van der Waals surface area contributed by atoms with Crippen LogP contribution in [0.25, 0.3) is 0 Å². The Balaban J connectivity index is 1.34. The van der Waals surface area contributed by atoms with Gasteiger partial charge in [0.2, 0.25) is 0 Å². The van der Waals surface area contributed by atoms with Gasteiger partial charge in [0.05, 0.1) is 16.6 Å². The Morgan fingerprint density at radius 2 is 1.79 bits per heavy atom. The van der Waals surface area contributed by atoms with Gasteiger partial charge < -0.3 is 4.90 Å². The molecular weight excluding hydrogens is 398 g/mol. The van der Waals surface area contributed by atoms with Crippen LogP contribution in [-0.2, 0) is 6.54 Å². The monoisotopic (exact) mass is 425 g/mol. The second-order valence-corrected chi connectivity index (χ2v) is 9.75. The molecule has 2 aromatic carbocycles. The summed E-state index contributed by atoms with van der Waals surface area (Å²) in [5.74, 6) is 2.14. The largest absolute Gasteiger partial charge is 0.336 e. The van der Waals surface area contributed by atoms with Crippen LogP contribution in [0.5, 0.6) is 0 Å². The zero-order valence-corrected chi connectivity index (χ0v) is 18.4. The number of nitrogens with zero attached hydrogens (tertiary/aromatic N) is 3. The number of amides is 1. The maximum absolute atomic E-state index is 13.2. The van der Waals surface area contributed by atoms with Crippen LogP contribution in [0.2, 0.25) is 0 Å². The fourth-order valence-corrected chi connectivity index (χ4v) is 5.76. The standard InChI is InChI=1S/C23H27N3OS2/c1-18-24-20(16-28-18)17-29-22-10-6-5-9-21(22)23(27)26-13-11-25(12-14-26)15-19-7-3-2-4-8-19/h2-10,20H,11-17H2,1H3. The normalized spacial score (nSPS) is 20.0. The average molecular weight is 426 g/mol. The molecule has 4 rings (SSSR count). The number of piperazine rings is 1. The average Bonchev–Trinajstić information content (AvgIpc) is 3.18. The smallest absolute Gasteiger partial charge is 0.255 e. The fourth-order valence-electron chi connectivity index (χ4n) is 3.71. The van der Waals surface area contributed by atoms with Crippen LogP contribution in [0.15, 0.2) is 64.5 Å². The van der Waals surface area contributed by atoms with Crippen molar-refractivity contribution in [2.75, 3.05) is 37.7 Å². The molecule has 4 nitrogen and oxygen atoms in total. The van der Waals surface area contributed by atoms with Crippen LogP contribution in [0.4, 0.5) is 0 Å². The number of rotatable bonds is 6. The molecule has 1 unspecified atom stereocenters. The van der Waals surface area contributed by atoms with Gasteiger partial charge in [-0.1, -0.05) is 42.5 Å². The number of hydrogen-bond acceptors (Lipinski definition) is 5. The third-order valence-corrected chi connectivity index (χ3v) is 7.60. The highest BCUT2D eigenvalue weighted by Gasteiger charge is 2.24. The van der Waals surface area contributed by atoms with Gasteiger partial charge >= 0.3 is 0 Å². The van der Waals surface area contributed by atoms with E-state index in [2.05, 4.69) is 53.2 Å². The van der Waals surface area contributed by atoms with Gasteiger partial charge in [0, 0.05) is 49.1 Å². The molecule has 0 spiro atoms. The third-order valence-electron chi connectivity index (χ3n) is 5.31. The fraction of sp³-hybridized carbons (Fsp3) is 0.391. The van der Waals surface area contributed by atoms with Crippen LogP contribution in [-0.4, -0.2) is 64.5 Å². The van der Waals surface area contributed by atoms with Crippen molar-refractivity contribution < 1.29 is 4.79 Å². The lowest BCUT2D eigenvalue weighted by Crippen LogP contribution is -2.48. The minimum absolute atomic E-state index is 0.160. The third kappa shape index (κ3) is 5.44. The SMILES string of the molecule is CC1=NC(CSc2ccccc2C(=O)N2CCN(Cc3ccccc3)CC2)CS1. The van der Waals surface area contributed by atoms with E-state index in [1.807, 2.05) is 34.9 Å². The number of benzene rings is 2. The van der Waals surface area contributed by atoms with Crippen molar-refractivity contribution in [1.29, 1.82) is 0 Å². The summed E-state index contributed by atoms with van der Waals surface area (Å²) in [4.78, 5) is 23.4. The number of carbonyl (C=O) groups excluding carboxylic acids is 1. The summed E-state index contributed by atoms with van der Waals surface area (Å²) in [5, 5.41) is 1.17. The Labute approximate surface area is 181 Å². The van der Waals surface area contributed by atoms with Gasteiger partial charge in [-0.25, -0.2) is 0 Å². The van der Waals surface area contributed by atoms with Gasteiger partial charge in [0.25, 0.3) is 5.91 Å². The number of hydrogen-bond donors (Lipinski definition) is 0. The zero-order valence-electron chi connectivity index (χ0n) is 16.8. The van der Waals surface area contributed by atoms with Gasteiger partial charge in [-0.2, -0.15) is 0 Å². The van der Waals surface area contributed by atoms with Crippen LogP contribution in [0.3, 0.4) is 0 Å². The van der Waals surface area contributed by atoms with Gasteiger partial charge in [-0.15, -0.1) is 23.5 Å². The first-order valence-corrected chi connectivity index (χ1v) is 12.1. The Bertz CT molecular complexity index is 863. The second kappa shape index (κ2) is 9.83. The molecule has 0 bridgehead atoms. The van der Waals surface area contributed by atoms with Gasteiger partial charge in [0.1, 0.15) is 0 Å². The maximum atomic E-state index is 13.2. The van der Waals surface area contributed by atoms with E-state index in [1.165, 1.54) is 10.6 Å². The van der Waals surface area contributed by atoms with E-state index < -0.39 is 0 Å². The summed E-state index contributed by atoms with van der Waals surface area (Å²) < 4.78 is 0. The van der Waals surface area contributed by atoms with E-state index in [9.17, 15) is 4.79 Å². The summed E-state index contributed by atoms with van der Waals surface area (Å²) in [6.45, 7) is 6.44. The van der Waals surface area contributed by atoms with E-state index in [1.54, 1.807) is 11.8 Å². The molecule has 0 N–H and O–H groups in total.